The highest BCUT2D eigenvalue weighted by Gasteiger charge is 2.32. The number of benzene rings is 1. The summed E-state index contributed by atoms with van der Waals surface area (Å²) in [6.45, 7) is 3.11. The van der Waals surface area contributed by atoms with E-state index in [1.807, 2.05) is 0 Å². The largest absolute Gasteiger partial charge is 0.480 e. The first-order valence-electron chi connectivity index (χ1n) is 5.77. The Labute approximate surface area is 119 Å². The van der Waals surface area contributed by atoms with Crippen molar-refractivity contribution in [3.05, 3.63) is 34.1 Å². The second-order valence-corrected chi connectivity index (χ2v) is 5.31. The molecule has 0 spiro atoms. The van der Waals surface area contributed by atoms with Gasteiger partial charge in [0.1, 0.15) is 11.4 Å². The Morgan fingerprint density at radius 1 is 1.47 bits per heavy atom. The average molecular weight is 332 g/mol. The van der Waals surface area contributed by atoms with E-state index < -0.39 is 23.2 Å². The van der Waals surface area contributed by atoms with Gasteiger partial charge in [-0.25, -0.2) is 9.18 Å². The van der Waals surface area contributed by atoms with Gasteiger partial charge in [0.2, 0.25) is 5.91 Å². The predicted molar refractivity (Wildman–Crippen MR) is 72.3 cm³/mol. The van der Waals surface area contributed by atoms with Gasteiger partial charge >= 0.3 is 5.97 Å². The second-order valence-electron chi connectivity index (χ2n) is 4.45. The van der Waals surface area contributed by atoms with Crippen LogP contribution in [0.25, 0.3) is 0 Å². The molecule has 4 nitrogen and oxygen atoms in total. The van der Waals surface area contributed by atoms with E-state index in [4.69, 9.17) is 5.11 Å². The van der Waals surface area contributed by atoms with Crippen LogP contribution in [-0.4, -0.2) is 22.5 Å². The van der Waals surface area contributed by atoms with Crippen molar-refractivity contribution >= 4 is 27.8 Å². The summed E-state index contributed by atoms with van der Waals surface area (Å²) in [6, 6.07) is 4.03. The molecule has 19 heavy (non-hydrogen) atoms. The first-order valence-corrected chi connectivity index (χ1v) is 6.56. The summed E-state index contributed by atoms with van der Waals surface area (Å²) in [5.41, 5.74) is -0.835. The van der Waals surface area contributed by atoms with E-state index in [2.05, 4.69) is 21.2 Å². The zero-order valence-corrected chi connectivity index (χ0v) is 12.3. The molecule has 0 bridgehead atoms. The van der Waals surface area contributed by atoms with Crippen molar-refractivity contribution in [2.75, 3.05) is 0 Å². The number of halogens is 2. The van der Waals surface area contributed by atoms with Crippen LogP contribution < -0.4 is 5.32 Å². The van der Waals surface area contributed by atoms with Crippen LogP contribution in [0.1, 0.15) is 25.8 Å². The highest BCUT2D eigenvalue weighted by molar-refractivity contribution is 9.10. The molecule has 1 amide bonds. The van der Waals surface area contributed by atoms with E-state index in [1.165, 1.54) is 25.1 Å². The number of carboxylic acid groups (broad SMARTS) is 1. The maximum Gasteiger partial charge on any atom is 0.329 e. The molecular formula is C13H15BrFNO3. The Hall–Kier alpha value is -1.43. The summed E-state index contributed by atoms with van der Waals surface area (Å²) < 4.78 is 13.7. The molecule has 1 atom stereocenters. The fraction of sp³-hybridized carbons (Fsp3) is 0.385. The summed E-state index contributed by atoms with van der Waals surface area (Å²) in [5.74, 6) is -2.00. The monoisotopic (exact) mass is 331 g/mol. The zero-order chi connectivity index (χ0) is 14.6. The lowest BCUT2D eigenvalue weighted by Gasteiger charge is -2.24. The topological polar surface area (TPSA) is 66.4 Å². The van der Waals surface area contributed by atoms with Gasteiger partial charge < -0.3 is 10.4 Å². The number of carbonyl (C=O) groups is 2. The maximum atomic E-state index is 13.1. The van der Waals surface area contributed by atoms with Crippen LogP contribution in [0.5, 0.6) is 0 Å². The third-order valence-electron chi connectivity index (χ3n) is 2.95. The van der Waals surface area contributed by atoms with E-state index in [-0.39, 0.29) is 12.8 Å². The molecule has 0 fully saturated rings. The van der Waals surface area contributed by atoms with E-state index in [0.717, 1.165) is 0 Å². The van der Waals surface area contributed by atoms with Crippen LogP contribution in [0.2, 0.25) is 0 Å². The highest BCUT2D eigenvalue weighted by atomic mass is 79.9. The summed E-state index contributed by atoms with van der Waals surface area (Å²) in [6.07, 6.45) is 0.180. The van der Waals surface area contributed by atoms with Crippen molar-refractivity contribution in [3.63, 3.8) is 0 Å². The molecule has 0 aromatic heterocycles. The van der Waals surface area contributed by atoms with Crippen molar-refractivity contribution in [2.24, 2.45) is 0 Å². The molecule has 2 N–H and O–H groups in total. The highest BCUT2D eigenvalue weighted by Crippen LogP contribution is 2.19. The summed E-state index contributed by atoms with van der Waals surface area (Å²) in [7, 11) is 0. The minimum Gasteiger partial charge on any atom is -0.480 e. The third kappa shape index (κ3) is 4.02. The van der Waals surface area contributed by atoms with Gasteiger partial charge in [-0.3, -0.25) is 4.79 Å². The van der Waals surface area contributed by atoms with Gasteiger partial charge in [-0.15, -0.1) is 0 Å². The van der Waals surface area contributed by atoms with Gasteiger partial charge in [-0.05, 0) is 37.1 Å². The molecular weight excluding hydrogens is 317 g/mol. The lowest BCUT2D eigenvalue weighted by atomic mass is 9.98. The SMILES string of the molecule is CCC(C)(NC(=O)Cc1cc(F)ccc1Br)C(=O)O. The van der Waals surface area contributed by atoms with Crippen LogP contribution in [0.4, 0.5) is 4.39 Å². The predicted octanol–water partition coefficient (Wildman–Crippen LogP) is 2.50. The number of aliphatic carboxylic acids is 1. The molecule has 1 aromatic rings. The summed E-state index contributed by atoms with van der Waals surface area (Å²) in [5, 5.41) is 11.5. The fourth-order valence-corrected chi connectivity index (χ4v) is 1.88. The zero-order valence-electron chi connectivity index (χ0n) is 10.7. The molecule has 1 unspecified atom stereocenters. The van der Waals surface area contributed by atoms with Crippen molar-refractivity contribution in [3.8, 4) is 0 Å². The number of amides is 1. The molecule has 104 valence electrons. The molecule has 1 aromatic carbocycles. The van der Waals surface area contributed by atoms with Gasteiger partial charge in [0.25, 0.3) is 0 Å². The maximum absolute atomic E-state index is 13.1. The van der Waals surface area contributed by atoms with Crippen LogP contribution in [-0.2, 0) is 16.0 Å². The van der Waals surface area contributed by atoms with Gasteiger partial charge in [0, 0.05) is 4.47 Å². The lowest BCUT2D eigenvalue weighted by molar-refractivity contribution is -0.146. The molecule has 0 aliphatic heterocycles. The van der Waals surface area contributed by atoms with E-state index >= 15 is 0 Å². The van der Waals surface area contributed by atoms with Crippen molar-refractivity contribution < 1.29 is 19.1 Å². The molecule has 0 heterocycles. The fourth-order valence-electron chi connectivity index (χ4n) is 1.50. The van der Waals surface area contributed by atoms with Crippen molar-refractivity contribution in [2.45, 2.75) is 32.2 Å². The smallest absolute Gasteiger partial charge is 0.329 e. The van der Waals surface area contributed by atoms with Gasteiger partial charge in [0.05, 0.1) is 6.42 Å². The third-order valence-corrected chi connectivity index (χ3v) is 3.73. The van der Waals surface area contributed by atoms with Crippen LogP contribution >= 0.6 is 15.9 Å². The Bertz CT molecular complexity index is 507. The molecule has 0 aliphatic carbocycles. The number of hydrogen-bond acceptors (Lipinski definition) is 2. The first kappa shape index (κ1) is 15.6. The molecule has 0 aliphatic rings. The van der Waals surface area contributed by atoms with Crippen LogP contribution in [0.3, 0.4) is 0 Å². The molecule has 0 saturated carbocycles. The van der Waals surface area contributed by atoms with E-state index in [9.17, 15) is 14.0 Å². The molecule has 1 rings (SSSR count). The molecule has 0 saturated heterocycles. The van der Waals surface area contributed by atoms with Gasteiger partial charge in [-0.2, -0.15) is 0 Å². The summed E-state index contributed by atoms with van der Waals surface area (Å²) in [4.78, 5) is 22.9. The lowest BCUT2D eigenvalue weighted by Crippen LogP contribution is -2.52. The normalized spacial score (nSPS) is 13.7. The minimum atomic E-state index is -1.31. The van der Waals surface area contributed by atoms with Crippen LogP contribution in [0, 0.1) is 5.82 Å². The molecule has 6 heteroatoms. The molecule has 0 radical (unpaired) electrons. The first-order chi connectivity index (χ1) is 8.78. The average Bonchev–Trinajstić information content (AvgIpc) is 2.33. The Balaban J connectivity index is 2.80. The van der Waals surface area contributed by atoms with Gasteiger partial charge in [-0.1, -0.05) is 22.9 Å². The minimum absolute atomic E-state index is 0.0821. The van der Waals surface area contributed by atoms with E-state index in [1.54, 1.807) is 6.92 Å². The van der Waals surface area contributed by atoms with Gasteiger partial charge in [0.15, 0.2) is 0 Å². The second kappa shape index (κ2) is 6.14. The Morgan fingerprint density at radius 3 is 2.63 bits per heavy atom. The standard InChI is InChI=1S/C13H15BrFNO3/c1-3-13(2,12(18)19)16-11(17)7-8-6-9(15)4-5-10(8)14/h4-6H,3,7H2,1-2H3,(H,16,17)(H,18,19). The van der Waals surface area contributed by atoms with Crippen molar-refractivity contribution in [1.82, 2.24) is 5.32 Å². The van der Waals surface area contributed by atoms with Crippen molar-refractivity contribution in [1.29, 1.82) is 0 Å². The quantitative estimate of drug-likeness (QED) is 0.871. The summed E-state index contributed by atoms with van der Waals surface area (Å²) >= 11 is 3.22. The van der Waals surface area contributed by atoms with E-state index in [0.29, 0.717) is 10.0 Å². The number of nitrogens with one attached hydrogen (secondary N) is 1. The number of carboxylic acids is 1. The Morgan fingerprint density at radius 2 is 2.11 bits per heavy atom. The number of hydrogen-bond donors (Lipinski definition) is 2. The Kier molecular flexibility index (Phi) is 5.05. The number of rotatable bonds is 5. The van der Waals surface area contributed by atoms with Crippen LogP contribution in [0.15, 0.2) is 22.7 Å². The number of carbonyl (C=O) groups excluding carboxylic acids is 1.